The van der Waals surface area contributed by atoms with Crippen molar-refractivity contribution in [3.63, 3.8) is 0 Å². The summed E-state index contributed by atoms with van der Waals surface area (Å²) in [6.07, 6.45) is 8.31. The van der Waals surface area contributed by atoms with Crippen molar-refractivity contribution in [3.8, 4) is 16.9 Å². The highest BCUT2D eigenvalue weighted by Gasteiger charge is 2.14. The van der Waals surface area contributed by atoms with Gasteiger partial charge in [0, 0.05) is 5.56 Å². The first-order valence-electron chi connectivity index (χ1n) is 8.67. The van der Waals surface area contributed by atoms with Crippen LogP contribution in [0.1, 0.15) is 57.1 Å². The molecule has 0 radical (unpaired) electrons. The Hall–Kier alpha value is -1.76. The molecule has 1 heteroatoms. The minimum absolute atomic E-state index is 0.413. The second-order valence-corrected chi connectivity index (χ2v) is 6.02. The monoisotopic (exact) mass is 296 g/mol. The van der Waals surface area contributed by atoms with E-state index in [0.29, 0.717) is 5.75 Å². The molecule has 0 bridgehead atoms. The van der Waals surface area contributed by atoms with Crippen molar-refractivity contribution in [2.75, 3.05) is 0 Å². The number of hydrogen-bond acceptors (Lipinski definition) is 1. The van der Waals surface area contributed by atoms with Gasteiger partial charge in [-0.15, -0.1) is 0 Å². The molecular formula is C21H28O. The van der Waals surface area contributed by atoms with Gasteiger partial charge >= 0.3 is 0 Å². The standard InChI is InChI=1S/C21H28O/c1-3-5-6-10-14-19-17(11-4-2)15-16-20(22)21(19)18-12-8-7-9-13-18/h7-9,12-13,15-16,22H,3-6,10-11,14H2,1-2H3. The molecule has 0 spiro atoms. The molecule has 0 amide bonds. The zero-order chi connectivity index (χ0) is 15.8. The summed E-state index contributed by atoms with van der Waals surface area (Å²) >= 11 is 0. The van der Waals surface area contributed by atoms with E-state index in [-0.39, 0.29) is 0 Å². The Morgan fingerprint density at radius 2 is 1.55 bits per heavy atom. The number of unbranched alkanes of at least 4 members (excludes halogenated alkanes) is 3. The third kappa shape index (κ3) is 4.13. The molecule has 0 saturated heterocycles. The summed E-state index contributed by atoms with van der Waals surface area (Å²) in [4.78, 5) is 0. The molecule has 0 fully saturated rings. The second-order valence-electron chi connectivity index (χ2n) is 6.02. The molecule has 2 aromatic carbocycles. The summed E-state index contributed by atoms with van der Waals surface area (Å²) in [5.74, 6) is 0.413. The SMILES string of the molecule is CCCCCCc1c(CCC)ccc(O)c1-c1ccccc1. The van der Waals surface area contributed by atoms with Crippen molar-refractivity contribution in [1.29, 1.82) is 0 Å². The Morgan fingerprint density at radius 3 is 2.23 bits per heavy atom. The fourth-order valence-corrected chi connectivity index (χ4v) is 3.12. The van der Waals surface area contributed by atoms with Gasteiger partial charge in [0.25, 0.3) is 0 Å². The summed E-state index contributed by atoms with van der Waals surface area (Å²) in [6, 6.07) is 14.3. The largest absolute Gasteiger partial charge is 0.507 e. The van der Waals surface area contributed by atoms with Crippen LogP contribution >= 0.6 is 0 Å². The molecular weight excluding hydrogens is 268 g/mol. The lowest BCUT2D eigenvalue weighted by molar-refractivity contribution is 0.476. The highest BCUT2D eigenvalue weighted by atomic mass is 16.3. The summed E-state index contributed by atoms with van der Waals surface area (Å²) in [5.41, 5.74) is 4.92. The normalized spacial score (nSPS) is 10.8. The molecule has 0 aliphatic carbocycles. The van der Waals surface area contributed by atoms with Crippen LogP contribution in [0.15, 0.2) is 42.5 Å². The fraction of sp³-hybridized carbons (Fsp3) is 0.429. The van der Waals surface area contributed by atoms with E-state index in [0.717, 1.165) is 30.4 Å². The van der Waals surface area contributed by atoms with Crippen LogP contribution in [-0.4, -0.2) is 5.11 Å². The quantitative estimate of drug-likeness (QED) is 0.580. The van der Waals surface area contributed by atoms with E-state index in [4.69, 9.17) is 0 Å². The lowest BCUT2D eigenvalue weighted by Crippen LogP contribution is -1.99. The number of phenols is 1. The van der Waals surface area contributed by atoms with E-state index in [1.807, 2.05) is 24.3 Å². The van der Waals surface area contributed by atoms with E-state index < -0.39 is 0 Å². The minimum atomic E-state index is 0.413. The van der Waals surface area contributed by atoms with Crippen molar-refractivity contribution in [2.24, 2.45) is 0 Å². The highest BCUT2D eigenvalue weighted by Crippen LogP contribution is 2.36. The molecule has 118 valence electrons. The van der Waals surface area contributed by atoms with Crippen molar-refractivity contribution >= 4 is 0 Å². The first-order chi connectivity index (χ1) is 10.8. The van der Waals surface area contributed by atoms with Crippen LogP contribution in [0.25, 0.3) is 11.1 Å². The first-order valence-corrected chi connectivity index (χ1v) is 8.67. The Kier molecular flexibility index (Phi) is 6.51. The average Bonchev–Trinajstić information content (AvgIpc) is 2.55. The van der Waals surface area contributed by atoms with Crippen molar-refractivity contribution in [1.82, 2.24) is 0 Å². The number of aromatic hydroxyl groups is 1. The molecule has 0 atom stereocenters. The topological polar surface area (TPSA) is 20.2 Å². The molecule has 0 unspecified atom stereocenters. The molecule has 2 rings (SSSR count). The van der Waals surface area contributed by atoms with Gasteiger partial charge in [-0.2, -0.15) is 0 Å². The van der Waals surface area contributed by atoms with Crippen LogP contribution in [0, 0.1) is 0 Å². The Bertz CT molecular complexity index is 572. The third-order valence-corrected chi connectivity index (χ3v) is 4.25. The van der Waals surface area contributed by atoms with E-state index in [1.54, 1.807) is 0 Å². The van der Waals surface area contributed by atoms with E-state index in [2.05, 4.69) is 32.0 Å². The van der Waals surface area contributed by atoms with Crippen molar-refractivity contribution in [2.45, 2.75) is 58.8 Å². The minimum Gasteiger partial charge on any atom is -0.507 e. The van der Waals surface area contributed by atoms with Gasteiger partial charge in [0.15, 0.2) is 0 Å². The molecule has 0 aromatic heterocycles. The van der Waals surface area contributed by atoms with Crippen LogP contribution in [0.5, 0.6) is 5.75 Å². The highest BCUT2D eigenvalue weighted by molar-refractivity contribution is 5.75. The lowest BCUT2D eigenvalue weighted by Gasteiger charge is -2.17. The Labute approximate surface area is 135 Å². The number of rotatable bonds is 8. The number of aryl methyl sites for hydroxylation is 1. The van der Waals surface area contributed by atoms with Crippen LogP contribution in [-0.2, 0) is 12.8 Å². The molecule has 2 aromatic rings. The summed E-state index contributed by atoms with van der Waals surface area (Å²) in [6.45, 7) is 4.46. The maximum Gasteiger partial charge on any atom is 0.123 e. The van der Waals surface area contributed by atoms with Gasteiger partial charge < -0.3 is 5.11 Å². The van der Waals surface area contributed by atoms with Crippen LogP contribution < -0.4 is 0 Å². The van der Waals surface area contributed by atoms with E-state index in [1.165, 1.54) is 36.8 Å². The molecule has 1 N–H and O–H groups in total. The van der Waals surface area contributed by atoms with Gasteiger partial charge in [-0.05, 0) is 42.0 Å². The van der Waals surface area contributed by atoms with Gasteiger partial charge in [0.2, 0.25) is 0 Å². The first kappa shape index (κ1) is 16.6. The summed E-state index contributed by atoms with van der Waals surface area (Å²) in [5, 5.41) is 10.4. The molecule has 0 aliphatic rings. The predicted octanol–water partition coefficient (Wildman–Crippen LogP) is 6.13. The molecule has 22 heavy (non-hydrogen) atoms. The zero-order valence-electron chi connectivity index (χ0n) is 13.9. The van der Waals surface area contributed by atoms with Gasteiger partial charge in [-0.1, -0.05) is 75.9 Å². The summed E-state index contributed by atoms with van der Waals surface area (Å²) < 4.78 is 0. The van der Waals surface area contributed by atoms with Crippen LogP contribution in [0.4, 0.5) is 0 Å². The maximum absolute atomic E-state index is 10.4. The zero-order valence-corrected chi connectivity index (χ0v) is 13.9. The number of hydrogen-bond donors (Lipinski definition) is 1. The van der Waals surface area contributed by atoms with E-state index >= 15 is 0 Å². The van der Waals surface area contributed by atoms with Gasteiger partial charge in [0.1, 0.15) is 5.75 Å². The maximum atomic E-state index is 10.4. The third-order valence-electron chi connectivity index (χ3n) is 4.25. The number of benzene rings is 2. The van der Waals surface area contributed by atoms with Gasteiger partial charge in [-0.3, -0.25) is 0 Å². The number of phenolic OH excluding ortho intramolecular Hbond substituents is 1. The predicted molar refractivity (Wildman–Crippen MR) is 95.4 cm³/mol. The Balaban J connectivity index is 2.38. The van der Waals surface area contributed by atoms with Crippen molar-refractivity contribution in [3.05, 3.63) is 53.6 Å². The molecule has 0 heterocycles. The molecule has 1 nitrogen and oxygen atoms in total. The fourth-order valence-electron chi connectivity index (χ4n) is 3.12. The lowest BCUT2D eigenvalue weighted by atomic mass is 9.89. The molecule has 0 saturated carbocycles. The van der Waals surface area contributed by atoms with Crippen molar-refractivity contribution < 1.29 is 5.11 Å². The van der Waals surface area contributed by atoms with Crippen LogP contribution in [0.3, 0.4) is 0 Å². The Morgan fingerprint density at radius 1 is 0.773 bits per heavy atom. The smallest absolute Gasteiger partial charge is 0.123 e. The van der Waals surface area contributed by atoms with Gasteiger partial charge in [0.05, 0.1) is 0 Å². The second kappa shape index (κ2) is 8.63. The average molecular weight is 296 g/mol. The van der Waals surface area contributed by atoms with Crippen LogP contribution in [0.2, 0.25) is 0 Å². The molecule has 0 aliphatic heterocycles. The van der Waals surface area contributed by atoms with Gasteiger partial charge in [-0.25, -0.2) is 0 Å². The summed E-state index contributed by atoms with van der Waals surface area (Å²) in [7, 11) is 0. The van der Waals surface area contributed by atoms with E-state index in [9.17, 15) is 5.11 Å².